The molecule has 0 saturated heterocycles. The van der Waals surface area contributed by atoms with Gasteiger partial charge in [0, 0.05) is 31.8 Å². The Labute approximate surface area is 109 Å². The van der Waals surface area contributed by atoms with Crippen molar-refractivity contribution < 1.29 is 0 Å². The fourth-order valence-corrected chi connectivity index (χ4v) is 2.19. The van der Waals surface area contributed by atoms with E-state index in [1.54, 1.807) is 0 Å². The highest BCUT2D eigenvalue weighted by molar-refractivity contribution is 9.10. The van der Waals surface area contributed by atoms with E-state index in [1.165, 1.54) is 0 Å². The molecular formula is C12H15BrN4. The third kappa shape index (κ3) is 2.91. The summed E-state index contributed by atoms with van der Waals surface area (Å²) in [6, 6.07) is 1.95. The lowest BCUT2D eigenvalue weighted by molar-refractivity contribution is 0.705. The maximum absolute atomic E-state index is 4.51. The Morgan fingerprint density at radius 2 is 2.12 bits per heavy atom. The van der Waals surface area contributed by atoms with Gasteiger partial charge in [0.15, 0.2) is 0 Å². The number of halogens is 1. The lowest BCUT2D eigenvalue weighted by atomic mass is 10.2. The molecule has 0 aromatic carbocycles. The topological polar surface area (TPSA) is 43.6 Å². The molecule has 5 heteroatoms. The minimum absolute atomic E-state index is 0.745. The molecule has 0 fully saturated rings. The minimum Gasteiger partial charge on any atom is -0.335 e. The van der Waals surface area contributed by atoms with Crippen LogP contribution in [0, 0.1) is 0 Å². The first kappa shape index (κ1) is 12.2. The number of aromatic nitrogens is 4. The molecule has 0 bridgehead atoms. The predicted octanol–water partition coefficient (Wildman–Crippen LogP) is 2.61. The summed E-state index contributed by atoms with van der Waals surface area (Å²) in [5.74, 6) is 1.91. The lowest BCUT2D eigenvalue weighted by Gasteiger charge is -2.06. The first-order chi connectivity index (χ1) is 8.22. The van der Waals surface area contributed by atoms with Crippen molar-refractivity contribution in [3.8, 4) is 0 Å². The number of rotatable bonds is 4. The van der Waals surface area contributed by atoms with Crippen LogP contribution in [0.4, 0.5) is 0 Å². The zero-order chi connectivity index (χ0) is 12.3. The predicted molar refractivity (Wildman–Crippen MR) is 69.8 cm³/mol. The Hall–Kier alpha value is -1.23. The second-order valence-corrected chi connectivity index (χ2v) is 4.57. The number of nitrogens with zero attached hydrogens (tertiary/aromatic N) is 4. The van der Waals surface area contributed by atoms with Gasteiger partial charge in [-0.05, 0) is 28.9 Å². The van der Waals surface area contributed by atoms with Crippen molar-refractivity contribution in [3.05, 3.63) is 40.4 Å². The van der Waals surface area contributed by atoms with Gasteiger partial charge in [0.1, 0.15) is 16.3 Å². The quantitative estimate of drug-likeness (QED) is 0.814. The highest BCUT2D eigenvalue weighted by Gasteiger charge is 2.06. The number of imidazole rings is 1. The van der Waals surface area contributed by atoms with E-state index in [1.807, 2.05) is 18.5 Å². The van der Waals surface area contributed by atoms with E-state index in [0.29, 0.717) is 0 Å². The fraction of sp³-hybridized carbons (Fsp3) is 0.417. The van der Waals surface area contributed by atoms with Crippen molar-refractivity contribution in [2.45, 2.75) is 33.2 Å². The lowest BCUT2D eigenvalue weighted by Crippen LogP contribution is -2.05. The fourth-order valence-electron chi connectivity index (χ4n) is 1.72. The summed E-state index contributed by atoms with van der Waals surface area (Å²) in [7, 11) is 0. The molecule has 0 amide bonds. The molecular weight excluding hydrogens is 280 g/mol. The molecule has 2 rings (SSSR count). The van der Waals surface area contributed by atoms with E-state index in [9.17, 15) is 0 Å². The largest absolute Gasteiger partial charge is 0.335 e. The van der Waals surface area contributed by atoms with Crippen LogP contribution in [0.15, 0.2) is 23.1 Å². The molecule has 0 unspecified atom stereocenters. The van der Waals surface area contributed by atoms with Gasteiger partial charge >= 0.3 is 0 Å². The van der Waals surface area contributed by atoms with Gasteiger partial charge in [-0.2, -0.15) is 0 Å². The molecule has 0 saturated carbocycles. The van der Waals surface area contributed by atoms with E-state index in [0.717, 1.165) is 41.3 Å². The summed E-state index contributed by atoms with van der Waals surface area (Å²) in [5, 5.41) is 0. The van der Waals surface area contributed by atoms with Crippen LogP contribution in [0.5, 0.6) is 0 Å². The van der Waals surface area contributed by atoms with E-state index < -0.39 is 0 Å². The normalized spacial score (nSPS) is 10.8. The van der Waals surface area contributed by atoms with Gasteiger partial charge in [0.2, 0.25) is 0 Å². The van der Waals surface area contributed by atoms with Crippen LogP contribution in [-0.4, -0.2) is 19.5 Å². The number of aryl methyl sites for hydroxylation is 2. The van der Waals surface area contributed by atoms with Gasteiger partial charge in [-0.25, -0.2) is 15.0 Å². The molecule has 4 nitrogen and oxygen atoms in total. The molecule has 2 aromatic rings. The van der Waals surface area contributed by atoms with E-state index in [2.05, 4.69) is 49.3 Å². The van der Waals surface area contributed by atoms with Crippen molar-refractivity contribution in [3.63, 3.8) is 0 Å². The second kappa shape index (κ2) is 5.40. The molecule has 90 valence electrons. The monoisotopic (exact) mass is 294 g/mol. The van der Waals surface area contributed by atoms with Crippen molar-refractivity contribution in [2.24, 2.45) is 0 Å². The van der Waals surface area contributed by atoms with Crippen molar-refractivity contribution >= 4 is 15.9 Å². The van der Waals surface area contributed by atoms with Gasteiger partial charge < -0.3 is 4.57 Å². The van der Waals surface area contributed by atoms with Crippen molar-refractivity contribution in [1.82, 2.24) is 19.5 Å². The highest BCUT2D eigenvalue weighted by Crippen LogP contribution is 2.12. The standard InChI is InChI=1S/C12H15BrN4/c1-3-11-15-9(7-10(13)16-11)8-12-14-5-6-17(12)4-2/h5-7H,3-4,8H2,1-2H3. The summed E-state index contributed by atoms with van der Waals surface area (Å²) in [5.41, 5.74) is 1.00. The number of hydrogen-bond donors (Lipinski definition) is 0. The van der Waals surface area contributed by atoms with Crippen LogP contribution in [0.1, 0.15) is 31.2 Å². The molecule has 0 N–H and O–H groups in total. The second-order valence-electron chi connectivity index (χ2n) is 3.76. The molecule has 0 radical (unpaired) electrons. The third-order valence-electron chi connectivity index (χ3n) is 2.59. The van der Waals surface area contributed by atoms with E-state index >= 15 is 0 Å². The summed E-state index contributed by atoms with van der Waals surface area (Å²) < 4.78 is 2.97. The van der Waals surface area contributed by atoms with Gasteiger partial charge in [-0.1, -0.05) is 6.92 Å². The Morgan fingerprint density at radius 3 is 2.82 bits per heavy atom. The van der Waals surface area contributed by atoms with E-state index in [-0.39, 0.29) is 0 Å². The van der Waals surface area contributed by atoms with Crippen LogP contribution >= 0.6 is 15.9 Å². The summed E-state index contributed by atoms with van der Waals surface area (Å²) in [6.07, 6.45) is 5.41. The third-order valence-corrected chi connectivity index (χ3v) is 3.00. The van der Waals surface area contributed by atoms with Crippen molar-refractivity contribution in [2.75, 3.05) is 0 Å². The first-order valence-electron chi connectivity index (χ1n) is 5.75. The molecule has 0 aliphatic heterocycles. The van der Waals surface area contributed by atoms with Crippen molar-refractivity contribution in [1.29, 1.82) is 0 Å². The Kier molecular flexibility index (Phi) is 3.89. The van der Waals surface area contributed by atoms with Gasteiger partial charge in [0.05, 0.1) is 5.69 Å². The molecule has 0 aliphatic carbocycles. The molecule has 0 spiro atoms. The zero-order valence-corrected chi connectivity index (χ0v) is 11.6. The van der Waals surface area contributed by atoms with Gasteiger partial charge in [0.25, 0.3) is 0 Å². The minimum atomic E-state index is 0.745. The Bertz CT molecular complexity index is 507. The maximum Gasteiger partial charge on any atom is 0.129 e. The average Bonchev–Trinajstić information content (AvgIpc) is 2.75. The maximum atomic E-state index is 4.51. The summed E-state index contributed by atoms with van der Waals surface area (Å²) in [4.78, 5) is 13.2. The molecule has 0 aliphatic rings. The Balaban J connectivity index is 2.26. The molecule has 2 aromatic heterocycles. The van der Waals surface area contributed by atoms with Crippen LogP contribution in [0.25, 0.3) is 0 Å². The SMILES string of the molecule is CCc1nc(Br)cc(Cc2nccn2CC)n1. The van der Waals surface area contributed by atoms with Crippen LogP contribution in [0.3, 0.4) is 0 Å². The zero-order valence-electron chi connectivity index (χ0n) is 10.0. The molecule has 0 atom stereocenters. The van der Waals surface area contributed by atoms with Gasteiger partial charge in [-0.3, -0.25) is 0 Å². The first-order valence-corrected chi connectivity index (χ1v) is 6.54. The summed E-state index contributed by atoms with van der Waals surface area (Å²) >= 11 is 3.42. The average molecular weight is 295 g/mol. The summed E-state index contributed by atoms with van der Waals surface area (Å²) in [6.45, 7) is 5.10. The number of hydrogen-bond acceptors (Lipinski definition) is 3. The highest BCUT2D eigenvalue weighted by atomic mass is 79.9. The van der Waals surface area contributed by atoms with Crippen LogP contribution < -0.4 is 0 Å². The Morgan fingerprint density at radius 1 is 1.29 bits per heavy atom. The van der Waals surface area contributed by atoms with Crippen LogP contribution in [-0.2, 0) is 19.4 Å². The smallest absolute Gasteiger partial charge is 0.129 e. The molecule has 2 heterocycles. The van der Waals surface area contributed by atoms with Gasteiger partial charge in [-0.15, -0.1) is 0 Å². The van der Waals surface area contributed by atoms with E-state index in [4.69, 9.17) is 0 Å². The molecule has 17 heavy (non-hydrogen) atoms. The van der Waals surface area contributed by atoms with Crippen LogP contribution in [0.2, 0.25) is 0 Å².